The standard InChI is InChI=1S/C20H19ClN4O2/c1-13(2)27-17-9-7-15(8-10-17)24-19-12-22-18(11-23-19)20(26)25-16-5-3-14(21)4-6-16/h3-13H,1-2H3,(H,23,24)(H,25,26). The van der Waals surface area contributed by atoms with Gasteiger partial charge in [-0.15, -0.1) is 0 Å². The van der Waals surface area contributed by atoms with E-state index in [1.165, 1.54) is 12.4 Å². The number of ether oxygens (including phenoxy) is 1. The van der Waals surface area contributed by atoms with Gasteiger partial charge in [0.15, 0.2) is 0 Å². The Balaban J connectivity index is 1.61. The number of anilines is 3. The highest BCUT2D eigenvalue weighted by atomic mass is 35.5. The van der Waals surface area contributed by atoms with Crippen molar-refractivity contribution >= 4 is 34.7 Å². The lowest BCUT2D eigenvalue weighted by Crippen LogP contribution is -2.14. The first-order chi connectivity index (χ1) is 13.0. The molecule has 27 heavy (non-hydrogen) atoms. The van der Waals surface area contributed by atoms with Gasteiger partial charge in [0, 0.05) is 16.4 Å². The maximum atomic E-state index is 12.2. The topological polar surface area (TPSA) is 76.1 Å². The maximum Gasteiger partial charge on any atom is 0.275 e. The van der Waals surface area contributed by atoms with E-state index in [0.29, 0.717) is 16.5 Å². The van der Waals surface area contributed by atoms with Gasteiger partial charge in [-0.1, -0.05) is 11.6 Å². The van der Waals surface area contributed by atoms with Gasteiger partial charge in [-0.25, -0.2) is 9.97 Å². The van der Waals surface area contributed by atoms with Crippen LogP contribution in [0.25, 0.3) is 0 Å². The first-order valence-corrected chi connectivity index (χ1v) is 8.80. The molecule has 7 heteroatoms. The lowest BCUT2D eigenvalue weighted by atomic mass is 10.3. The minimum Gasteiger partial charge on any atom is -0.491 e. The predicted molar refractivity (Wildman–Crippen MR) is 107 cm³/mol. The number of amides is 1. The number of nitrogens with one attached hydrogen (secondary N) is 2. The Morgan fingerprint density at radius 2 is 1.63 bits per heavy atom. The molecule has 1 amide bonds. The molecule has 0 fully saturated rings. The van der Waals surface area contributed by atoms with E-state index in [1.807, 2.05) is 38.1 Å². The maximum absolute atomic E-state index is 12.2. The van der Waals surface area contributed by atoms with Gasteiger partial charge in [0.25, 0.3) is 5.91 Å². The van der Waals surface area contributed by atoms with Crippen LogP contribution in [-0.4, -0.2) is 22.0 Å². The monoisotopic (exact) mass is 382 g/mol. The van der Waals surface area contributed by atoms with E-state index in [2.05, 4.69) is 20.6 Å². The molecule has 1 aromatic heterocycles. The Hall–Kier alpha value is -3.12. The van der Waals surface area contributed by atoms with Crippen molar-refractivity contribution in [3.63, 3.8) is 0 Å². The van der Waals surface area contributed by atoms with Gasteiger partial charge in [-0.2, -0.15) is 0 Å². The molecule has 2 aromatic carbocycles. The molecule has 0 radical (unpaired) electrons. The van der Waals surface area contributed by atoms with Crippen molar-refractivity contribution in [3.05, 3.63) is 71.6 Å². The molecule has 0 saturated heterocycles. The van der Waals surface area contributed by atoms with Crippen molar-refractivity contribution in [2.24, 2.45) is 0 Å². The molecule has 2 N–H and O–H groups in total. The second kappa shape index (κ2) is 8.51. The summed E-state index contributed by atoms with van der Waals surface area (Å²) in [5, 5.41) is 6.48. The zero-order valence-electron chi connectivity index (χ0n) is 14.9. The number of rotatable bonds is 6. The summed E-state index contributed by atoms with van der Waals surface area (Å²) in [6, 6.07) is 14.4. The third-order valence-corrected chi connectivity index (χ3v) is 3.74. The van der Waals surface area contributed by atoms with E-state index in [-0.39, 0.29) is 17.7 Å². The van der Waals surface area contributed by atoms with Gasteiger partial charge < -0.3 is 15.4 Å². The van der Waals surface area contributed by atoms with Crippen LogP contribution < -0.4 is 15.4 Å². The Labute approximate surface area is 162 Å². The Morgan fingerprint density at radius 1 is 0.963 bits per heavy atom. The minimum absolute atomic E-state index is 0.126. The van der Waals surface area contributed by atoms with E-state index >= 15 is 0 Å². The van der Waals surface area contributed by atoms with Gasteiger partial charge >= 0.3 is 0 Å². The minimum atomic E-state index is -0.341. The highest BCUT2D eigenvalue weighted by molar-refractivity contribution is 6.30. The summed E-state index contributed by atoms with van der Waals surface area (Å²) in [5.74, 6) is 0.998. The average molecular weight is 383 g/mol. The van der Waals surface area contributed by atoms with Crippen LogP contribution in [0.15, 0.2) is 60.9 Å². The molecule has 0 aliphatic heterocycles. The van der Waals surface area contributed by atoms with Crippen LogP contribution in [-0.2, 0) is 0 Å². The number of hydrogen-bond donors (Lipinski definition) is 2. The summed E-state index contributed by atoms with van der Waals surface area (Å²) in [6.45, 7) is 3.96. The van der Waals surface area contributed by atoms with Gasteiger partial charge in [-0.3, -0.25) is 4.79 Å². The smallest absolute Gasteiger partial charge is 0.275 e. The normalized spacial score (nSPS) is 10.5. The van der Waals surface area contributed by atoms with Crippen molar-refractivity contribution in [1.82, 2.24) is 9.97 Å². The van der Waals surface area contributed by atoms with Crippen molar-refractivity contribution in [3.8, 4) is 5.75 Å². The predicted octanol–water partition coefficient (Wildman–Crippen LogP) is 4.91. The third-order valence-electron chi connectivity index (χ3n) is 3.49. The zero-order chi connectivity index (χ0) is 19.2. The van der Waals surface area contributed by atoms with Gasteiger partial charge in [0.1, 0.15) is 17.3 Å². The third kappa shape index (κ3) is 5.43. The van der Waals surface area contributed by atoms with Gasteiger partial charge in [0.2, 0.25) is 0 Å². The molecule has 0 unspecified atom stereocenters. The second-order valence-corrected chi connectivity index (χ2v) is 6.50. The molecule has 0 atom stereocenters. The Morgan fingerprint density at radius 3 is 2.22 bits per heavy atom. The summed E-state index contributed by atoms with van der Waals surface area (Å²) >= 11 is 5.83. The average Bonchev–Trinajstić information content (AvgIpc) is 2.65. The highest BCUT2D eigenvalue weighted by Crippen LogP contribution is 2.20. The fraction of sp³-hybridized carbons (Fsp3) is 0.150. The number of halogens is 1. The van der Waals surface area contributed by atoms with Crippen molar-refractivity contribution in [1.29, 1.82) is 0 Å². The summed E-state index contributed by atoms with van der Waals surface area (Å²) in [5.41, 5.74) is 1.70. The second-order valence-electron chi connectivity index (χ2n) is 6.06. The molecule has 138 valence electrons. The molecular weight excluding hydrogens is 364 g/mol. The van der Waals surface area contributed by atoms with Crippen LogP contribution in [0, 0.1) is 0 Å². The number of benzene rings is 2. The Bertz CT molecular complexity index is 895. The largest absolute Gasteiger partial charge is 0.491 e. The zero-order valence-corrected chi connectivity index (χ0v) is 15.7. The van der Waals surface area contributed by atoms with Crippen molar-refractivity contribution < 1.29 is 9.53 Å². The first-order valence-electron chi connectivity index (χ1n) is 8.42. The molecule has 3 aromatic rings. The highest BCUT2D eigenvalue weighted by Gasteiger charge is 2.09. The first kappa shape index (κ1) is 18.7. The van der Waals surface area contributed by atoms with E-state index < -0.39 is 0 Å². The van der Waals surface area contributed by atoms with Crippen molar-refractivity contribution in [2.45, 2.75) is 20.0 Å². The van der Waals surface area contributed by atoms with Gasteiger partial charge in [0.05, 0.1) is 18.5 Å². The molecule has 0 aliphatic rings. The molecule has 6 nitrogen and oxygen atoms in total. The number of aromatic nitrogens is 2. The fourth-order valence-electron chi connectivity index (χ4n) is 2.28. The molecule has 0 spiro atoms. The molecule has 0 saturated carbocycles. The molecule has 1 heterocycles. The molecule has 3 rings (SSSR count). The van der Waals surface area contributed by atoms with E-state index in [1.54, 1.807) is 24.3 Å². The molecular formula is C20H19ClN4O2. The van der Waals surface area contributed by atoms with Crippen LogP contribution in [0.5, 0.6) is 5.75 Å². The van der Waals surface area contributed by atoms with Crippen LogP contribution in [0.2, 0.25) is 5.02 Å². The Kier molecular flexibility index (Phi) is 5.88. The number of hydrogen-bond acceptors (Lipinski definition) is 5. The summed E-state index contributed by atoms with van der Waals surface area (Å²) in [4.78, 5) is 20.6. The number of carbonyl (C=O) groups excluding carboxylic acids is 1. The van der Waals surface area contributed by atoms with Gasteiger partial charge in [-0.05, 0) is 62.4 Å². The fourth-order valence-corrected chi connectivity index (χ4v) is 2.40. The quantitative estimate of drug-likeness (QED) is 0.633. The van der Waals surface area contributed by atoms with Crippen LogP contribution in [0.4, 0.5) is 17.2 Å². The SMILES string of the molecule is CC(C)Oc1ccc(Nc2cnc(C(=O)Nc3ccc(Cl)cc3)cn2)cc1. The summed E-state index contributed by atoms with van der Waals surface area (Å²) < 4.78 is 5.61. The lowest BCUT2D eigenvalue weighted by molar-refractivity contribution is 0.102. The summed E-state index contributed by atoms with van der Waals surface area (Å²) in [7, 11) is 0. The van der Waals surface area contributed by atoms with E-state index in [4.69, 9.17) is 16.3 Å². The molecule has 0 aliphatic carbocycles. The summed E-state index contributed by atoms with van der Waals surface area (Å²) in [6.07, 6.45) is 3.06. The van der Waals surface area contributed by atoms with Crippen LogP contribution >= 0.6 is 11.6 Å². The molecule has 0 bridgehead atoms. The number of carbonyl (C=O) groups is 1. The number of nitrogens with zero attached hydrogens (tertiary/aromatic N) is 2. The lowest BCUT2D eigenvalue weighted by Gasteiger charge is -2.11. The van der Waals surface area contributed by atoms with E-state index in [0.717, 1.165) is 11.4 Å². The van der Waals surface area contributed by atoms with Crippen molar-refractivity contribution in [2.75, 3.05) is 10.6 Å². The van der Waals surface area contributed by atoms with Crippen LogP contribution in [0.1, 0.15) is 24.3 Å². The van der Waals surface area contributed by atoms with Crippen LogP contribution in [0.3, 0.4) is 0 Å². The van der Waals surface area contributed by atoms with E-state index in [9.17, 15) is 4.79 Å².